The molecule has 0 saturated heterocycles. The molecule has 188 valence electrons. The summed E-state index contributed by atoms with van der Waals surface area (Å²) in [6.07, 6.45) is 1.79. The zero-order valence-corrected chi connectivity index (χ0v) is 22.2. The van der Waals surface area contributed by atoms with Gasteiger partial charge in [-0.25, -0.2) is 5.06 Å². The fourth-order valence-corrected chi connectivity index (χ4v) is 8.69. The summed E-state index contributed by atoms with van der Waals surface area (Å²) in [6.45, 7) is 3.95. The molecule has 0 aromatic heterocycles. The standard InChI is InChI=1S/C28H29NO5S2/c1-27(2)19-15-16-28(27,25(30)17-19)18-36(32,33)34-29(3)26(31)23-13-14-24(22-12-8-7-11-21(22)23)35-20-9-5-4-6-10-20/h4-14,19H,15-18H2,1-3H3. The molecule has 0 spiro atoms. The molecule has 5 rings (SSSR count). The first-order valence-electron chi connectivity index (χ1n) is 12.0. The molecule has 2 fully saturated rings. The molecule has 0 radical (unpaired) electrons. The van der Waals surface area contributed by atoms with E-state index in [1.807, 2.05) is 74.5 Å². The van der Waals surface area contributed by atoms with Crippen molar-refractivity contribution in [3.63, 3.8) is 0 Å². The Morgan fingerprint density at radius 1 is 1.03 bits per heavy atom. The monoisotopic (exact) mass is 523 g/mol. The van der Waals surface area contributed by atoms with Crippen LogP contribution in [0, 0.1) is 16.7 Å². The minimum atomic E-state index is -4.19. The molecule has 2 atom stereocenters. The molecule has 0 N–H and O–H groups in total. The third kappa shape index (κ3) is 4.15. The summed E-state index contributed by atoms with van der Waals surface area (Å²) >= 11 is 1.60. The molecule has 3 aromatic rings. The number of Topliss-reactive ketones (excluding diaryl/α,β-unsaturated/α-hetero) is 1. The minimum Gasteiger partial charge on any atom is -0.299 e. The van der Waals surface area contributed by atoms with Crippen molar-refractivity contribution < 1.29 is 22.3 Å². The highest BCUT2D eigenvalue weighted by Crippen LogP contribution is 2.64. The smallest absolute Gasteiger partial charge is 0.289 e. The number of benzene rings is 3. The predicted molar refractivity (Wildman–Crippen MR) is 140 cm³/mol. The number of nitrogens with zero attached hydrogens (tertiary/aromatic N) is 1. The molecule has 8 heteroatoms. The van der Waals surface area contributed by atoms with Crippen LogP contribution >= 0.6 is 11.8 Å². The quantitative estimate of drug-likeness (QED) is 0.369. The van der Waals surface area contributed by atoms with Gasteiger partial charge < -0.3 is 0 Å². The van der Waals surface area contributed by atoms with Crippen molar-refractivity contribution in [3.8, 4) is 0 Å². The van der Waals surface area contributed by atoms with Gasteiger partial charge >= 0.3 is 0 Å². The van der Waals surface area contributed by atoms with E-state index in [9.17, 15) is 18.0 Å². The van der Waals surface area contributed by atoms with Crippen molar-refractivity contribution in [1.29, 1.82) is 0 Å². The first-order chi connectivity index (χ1) is 17.0. The Kier molecular flexibility index (Phi) is 6.25. The van der Waals surface area contributed by atoms with Gasteiger partial charge in [0.1, 0.15) is 5.78 Å². The summed E-state index contributed by atoms with van der Waals surface area (Å²) in [6, 6.07) is 21.1. The van der Waals surface area contributed by atoms with Gasteiger partial charge in [-0.2, -0.15) is 8.42 Å². The maximum Gasteiger partial charge on any atom is 0.289 e. The van der Waals surface area contributed by atoms with Gasteiger partial charge in [-0.15, -0.1) is 4.28 Å². The number of carbonyl (C=O) groups is 2. The van der Waals surface area contributed by atoms with E-state index in [0.717, 1.165) is 26.7 Å². The Bertz CT molecular complexity index is 1450. The second-order valence-corrected chi connectivity index (χ2v) is 13.0. The number of rotatable bonds is 7. The van der Waals surface area contributed by atoms with Gasteiger partial charge in [0.2, 0.25) is 0 Å². The van der Waals surface area contributed by atoms with Gasteiger partial charge in [-0.3, -0.25) is 9.59 Å². The Morgan fingerprint density at radius 2 is 1.69 bits per heavy atom. The SMILES string of the molecule is CN(OS(=O)(=O)CC12CCC(CC1=O)C2(C)C)C(=O)c1ccc(Sc2ccccc2)c2ccccc12. The van der Waals surface area contributed by atoms with Gasteiger partial charge in [-0.1, -0.05) is 68.1 Å². The van der Waals surface area contributed by atoms with E-state index >= 15 is 0 Å². The van der Waals surface area contributed by atoms with Crippen LogP contribution in [0.1, 0.15) is 43.5 Å². The van der Waals surface area contributed by atoms with Gasteiger partial charge in [-0.05, 0) is 59.2 Å². The van der Waals surface area contributed by atoms with E-state index in [-0.39, 0.29) is 11.7 Å². The molecule has 2 saturated carbocycles. The van der Waals surface area contributed by atoms with E-state index in [1.165, 1.54) is 7.05 Å². The Hall–Kier alpha value is -2.68. The lowest BCUT2D eigenvalue weighted by Crippen LogP contribution is -2.44. The highest BCUT2D eigenvalue weighted by atomic mass is 32.2. The zero-order chi connectivity index (χ0) is 25.7. The number of fused-ring (bicyclic) bond motifs is 3. The molecule has 2 aliphatic carbocycles. The zero-order valence-electron chi connectivity index (χ0n) is 20.6. The summed E-state index contributed by atoms with van der Waals surface area (Å²) in [5.74, 6) is -0.793. The van der Waals surface area contributed by atoms with Crippen molar-refractivity contribution in [2.24, 2.45) is 16.7 Å². The second-order valence-electron chi connectivity index (χ2n) is 10.3. The van der Waals surface area contributed by atoms with Crippen LogP contribution in [0.2, 0.25) is 0 Å². The highest BCUT2D eigenvalue weighted by Gasteiger charge is 2.65. The number of hydrogen-bond acceptors (Lipinski definition) is 6. The number of hydrogen-bond donors (Lipinski definition) is 0. The summed E-state index contributed by atoms with van der Waals surface area (Å²) in [7, 11) is -2.88. The van der Waals surface area contributed by atoms with Crippen LogP contribution in [0.25, 0.3) is 10.8 Å². The normalized spacial score (nSPS) is 22.8. The summed E-state index contributed by atoms with van der Waals surface area (Å²) in [5.41, 5.74) is -1.02. The van der Waals surface area contributed by atoms with E-state index in [2.05, 4.69) is 0 Å². The van der Waals surface area contributed by atoms with E-state index < -0.39 is 32.6 Å². The third-order valence-electron chi connectivity index (χ3n) is 8.16. The van der Waals surface area contributed by atoms with E-state index in [4.69, 9.17) is 4.28 Å². The number of carbonyl (C=O) groups excluding carboxylic acids is 2. The van der Waals surface area contributed by atoms with Crippen LogP contribution in [0.15, 0.2) is 76.5 Å². The fraction of sp³-hybridized carbons (Fsp3) is 0.357. The molecular weight excluding hydrogens is 494 g/mol. The average Bonchev–Trinajstić information content (AvgIpc) is 3.18. The van der Waals surface area contributed by atoms with Crippen molar-refractivity contribution in [3.05, 3.63) is 72.3 Å². The molecule has 2 bridgehead atoms. The van der Waals surface area contributed by atoms with E-state index in [1.54, 1.807) is 17.8 Å². The minimum absolute atomic E-state index is 0.0117. The topological polar surface area (TPSA) is 80.8 Å². The molecule has 2 aliphatic rings. The lowest BCUT2D eigenvalue weighted by Gasteiger charge is -2.36. The second kappa shape index (κ2) is 9.01. The van der Waals surface area contributed by atoms with Gasteiger partial charge in [0.05, 0.1) is 11.2 Å². The molecular formula is C28H29NO5S2. The fourth-order valence-electron chi connectivity index (χ4n) is 5.97. The Morgan fingerprint density at radius 3 is 2.33 bits per heavy atom. The van der Waals surface area contributed by atoms with Gasteiger partial charge in [0.25, 0.3) is 16.0 Å². The van der Waals surface area contributed by atoms with Crippen LogP contribution in [-0.2, 0) is 19.2 Å². The number of ketones is 1. The lowest BCUT2D eigenvalue weighted by atomic mass is 9.70. The largest absolute Gasteiger partial charge is 0.299 e. The Balaban J connectivity index is 1.39. The summed E-state index contributed by atoms with van der Waals surface area (Å²) in [4.78, 5) is 28.2. The molecule has 0 aliphatic heterocycles. The van der Waals surface area contributed by atoms with E-state index in [0.29, 0.717) is 23.8 Å². The van der Waals surface area contributed by atoms with Gasteiger partial charge in [0.15, 0.2) is 0 Å². The van der Waals surface area contributed by atoms with Crippen LogP contribution in [0.3, 0.4) is 0 Å². The number of amides is 1. The molecule has 1 amide bonds. The lowest BCUT2D eigenvalue weighted by molar-refractivity contribution is -0.128. The molecule has 3 aromatic carbocycles. The molecule has 2 unspecified atom stereocenters. The van der Waals surface area contributed by atoms with Gasteiger partial charge in [0, 0.05) is 28.8 Å². The molecule has 6 nitrogen and oxygen atoms in total. The number of hydroxylamine groups is 2. The van der Waals surface area contributed by atoms with Crippen molar-refractivity contribution in [1.82, 2.24) is 5.06 Å². The Labute approximate surface area is 216 Å². The molecule has 0 heterocycles. The van der Waals surface area contributed by atoms with Crippen molar-refractivity contribution >= 4 is 44.3 Å². The van der Waals surface area contributed by atoms with Crippen LogP contribution in [0.5, 0.6) is 0 Å². The first-order valence-corrected chi connectivity index (χ1v) is 14.4. The van der Waals surface area contributed by atoms with Crippen molar-refractivity contribution in [2.75, 3.05) is 12.8 Å². The molecule has 36 heavy (non-hydrogen) atoms. The van der Waals surface area contributed by atoms with Crippen LogP contribution in [-0.4, -0.2) is 38.0 Å². The summed E-state index contributed by atoms with van der Waals surface area (Å²) in [5, 5.41) is 2.37. The maximum atomic E-state index is 13.4. The highest BCUT2D eigenvalue weighted by molar-refractivity contribution is 7.99. The van der Waals surface area contributed by atoms with Crippen LogP contribution < -0.4 is 0 Å². The maximum absolute atomic E-state index is 13.4. The van der Waals surface area contributed by atoms with Crippen molar-refractivity contribution in [2.45, 2.75) is 42.9 Å². The average molecular weight is 524 g/mol. The first kappa shape index (κ1) is 25.0. The predicted octanol–water partition coefficient (Wildman–Crippen LogP) is 5.72. The third-order valence-corrected chi connectivity index (χ3v) is 10.5. The summed E-state index contributed by atoms with van der Waals surface area (Å²) < 4.78 is 31.5. The van der Waals surface area contributed by atoms with Crippen LogP contribution in [0.4, 0.5) is 0 Å².